The van der Waals surface area contributed by atoms with Gasteiger partial charge in [-0.1, -0.05) is 13.3 Å². The molecule has 1 aliphatic carbocycles. The highest BCUT2D eigenvalue weighted by Gasteiger charge is 2.40. The molecule has 1 fully saturated rings. The molecular formula is C19H28N4O. The van der Waals surface area contributed by atoms with Crippen LogP contribution >= 0.6 is 0 Å². The first kappa shape index (κ1) is 17.1. The molecule has 0 saturated heterocycles. The zero-order chi connectivity index (χ0) is 17.0. The van der Waals surface area contributed by atoms with Crippen LogP contribution in [0.5, 0.6) is 0 Å². The molecule has 24 heavy (non-hydrogen) atoms. The monoisotopic (exact) mass is 328 g/mol. The van der Waals surface area contributed by atoms with Crippen LogP contribution in [0, 0.1) is 11.3 Å². The van der Waals surface area contributed by atoms with Crippen molar-refractivity contribution in [2.24, 2.45) is 18.4 Å². The van der Waals surface area contributed by atoms with Gasteiger partial charge in [-0.15, -0.1) is 0 Å². The van der Waals surface area contributed by atoms with Crippen LogP contribution < -0.4 is 5.32 Å². The molecule has 1 saturated carbocycles. The van der Waals surface area contributed by atoms with Crippen LogP contribution in [0.15, 0.2) is 30.7 Å². The fourth-order valence-electron chi connectivity index (χ4n) is 3.84. The van der Waals surface area contributed by atoms with Gasteiger partial charge < -0.3 is 10.4 Å². The molecule has 0 aliphatic heterocycles. The van der Waals surface area contributed by atoms with Gasteiger partial charge in [0, 0.05) is 56.5 Å². The molecule has 0 spiro atoms. The van der Waals surface area contributed by atoms with Gasteiger partial charge in [-0.05, 0) is 42.7 Å². The van der Waals surface area contributed by atoms with E-state index in [-0.39, 0.29) is 6.61 Å². The minimum atomic E-state index is 0.289. The minimum Gasteiger partial charge on any atom is -0.396 e. The van der Waals surface area contributed by atoms with E-state index in [1.54, 1.807) is 12.4 Å². The molecule has 1 aliphatic rings. The van der Waals surface area contributed by atoms with Gasteiger partial charge in [-0.3, -0.25) is 9.67 Å². The van der Waals surface area contributed by atoms with Gasteiger partial charge in [0.1, 0.15) is 0 Å². The number of aromatic nitrogens is 3. The molecule has 2 heterocycles. The maximum atomic E-state index is 9.25. The molecule has 1 atom stereocenters. The molecule has 130 valence electrons. The predicted octanol–water partition coefficient (Wildman–Crippen LogP) is 2.76. The maximum Gasteiger partial charge on any atom is 0.0969 e. The van der Waals surface area contributed by atoms with Crippen LogP contribution in [0.2, 0.25) is 0 Å². The van der Waals surface area contributed by atoms with E-state index in [1.807, 2.05) is 23.9 Å². The van der Waals surface area contributed by atoms with Gasteiger partial charge >= 0.3 is 0 Å². The van der Waals surface area contributed by atoms with E-state index < -0.39 is 0 Å². The molecule has 2 N–H and O–H groups in total. The normalized spacial score (nSPS) is 17.5. The Labute approximate surface area is 144 Å². The highest BCUT2D eigenvalue weighted by atomic mass is 16.3. The Balaban J connectivity index is 1.65. The van der Waals surface area contributed by atoms with E-state index in [2.05, 4.69) is 28.5 Å². The van der Waals surface area contributed by atoms with Crippen LogP contribution in [0.3, 0.4) is 0 Å². The summed E-state index contributed by atoms with van der Waals surface area (Å²) in [6.45, 7) is 4.40. The van der Waals surface area contributed by atoms with Crippen LogP contribution in [0.25, 0.3) is 11.3 Å². The number of hydrogen-bond acceptors (Lipinski definition) is 4. The smallest absolute Gasteiger partial charge is 0.0969 e. The number of aliphatic hydroxyl groups excluding tert-OH is 1. The van der Waals surface area contributed by atoms with Crippen molar-refractivity contribution < 1.29 is 5.11 Å². The van der Waals surface area contributed by atoms with Crippen molar-refractivity contribution >= 4 is 0 Å². The Morgan fingerprint density at radius 1 is 1.33 bits per heavy atom. The Kier molecular flexibility index (Phi) is 5.31. The molecule has 5 nitrogen and oxygen atoms in total. The van der Waals surface area contributed by atoms with Crippen molar-refractivity contribution in [3.63, 3.8) is 0 Å². The topological polar surface area (TPSA) is 63.0 Å². The summed E-state index contributed by atoms with van der Waals surface area (Å²) in [6, 6.07) is 4.01. The lowest BCUT2D eigenvalue weighted by Crippen LogP contribution is -2.44. The molecule has 2 aromatic rings. The lowest BCUT2D eigenvalue weighted by molar-refractivity contribution is 0.0427. The zero-order valence-corrected chi connectivity index (χ0v) is 14.7. The summed E-state index contributed by atoms with van der Waals surface area (Å²) in [7, 11) is 1.96. The average Bonchev–Trinajstić information content (AvgIpc) is 2.92. The first-order chi connectivity index (χ1) is 11.6. The van der Waals surface area contributed by atoms with Crippen molar-refractivity contribution in [1.29, 1.82) is 0 Å². The second kappa shape index (κ2) is 7.45. The molecule has 3 rings (SSSR count). The molecule has 0 aromatic carbocycles. The van der Waals surface area contributed by atoms with Gasteiger partial charge in [-0.2, -0.15) is 5.10 Å². The fourth-order valence-corrected chi connectivity index (χ4v) is 3.84. The van der Waals surface area contributed by atoms with Crippen molar-refractivity contribution in [2.75, 3.05) is 13.2 Å². The number of aliphatic hydroxyl groups is 1. The minimum absolute atomic E-state index is 0.289. The Morgan fingerprint density at radius 3 is 2.71 bits per heavy atom. The summed E-state index contributed by atoms with van der Waals surface area (Å²) in [4.78, 5) is 4.09. The van der Waals surface area contributed by atoms with E-state index in [0.29, 0.717) is 11.3 Å². The summed E-state index contributed by atoms with van der Waals surface area (Å²) in [6.07, 6.45) is 10.5. The standard InChI is InChI=1S/C19H28N4O/c1-15(6-11-24)19(7-3-8-19)14-21-12-17-13-23(2)22-18(17)16-4-9-20-10-5-16/h4-5,9-10,13,15,21,24H,3,6-8,11-12,14H2,1-2H3. The average molecular weight is 328 g/mol. The van der Waals surface area contributed by atoms with Gasteiger partial charge in [0.15, 0.2) is 0 Å². The molecular weight excluding hydrogens is 300 g/mol. The van der Waals surface area contributed by atoms with Gasteiger partial charge in [0.25, 0.3) is 0 Å². The van der Waals surface area contributed by atoms with E-state index >= 15 is 0 Å². The second-order valence-electron chi connectivity index (χ2n) is 7.15. The largest absolute Gasteiger partial charge is 0.396 e. The third kappa shape index (κ3) is 3.52. The van der Waals surface area contributed by atoms with Crippen molar-refractivity contribution in [1.82, 2.24) is 20.1 Å². The van der Waals surface area contributed by atoms with Crippen LogP contribution in [0.1, 0.15) is 38.2 Å². The zero-order valence-electron chi connectivity index (χ0n) is 14.7. The first-order valence-electron chi connectivity index (χ1n) is 8.89. The maximum absolute atomic E-state index is 9.25. The van der Waals surface area contributed by atoms with Gasteiger partial charge in [0.05, 0.1) is 5.69 Å². The first-order valence-corrected chi connectivity index (χ1v) is 8.89. The summed E-state index contributed by atoms with van der Waals surface area (Å²) in [5.41, 5.74) is 3.71. The number of pyridine rings is 1. The van der Waals surface area contributed by atoms with Gasteiger partial charge in [0.2, 0.25) is 0 Å². The van der Waals surface area contributed by atoms with E-state index in [4.69, 9.17) is 0 Å². The lowest BCUT2D eigenvalue weighted by atomic mass is 9.60. The molecule has 2 aromatic heterocycles. The Bertz CT molecular complexity index is 649. The SMILES string of the molecule is CC(CCO)C1(CNCc2cn(C)nc2-c2ccncc2)CCC1. The van der Waals surface area contributed by atoms with E-state index in [0.717, 1.165) is 30.8 Å². The third-order valence-corrected chi connectivity index (χ3v) is 5.61. The van der Waals surface area contributed by atoms with Crippen LogP contribution in [-0.2, 0) is 13.6 Å². The molecule has 5 heteroatoms. The molecule has 1 unspecified atom stereocenters. The van der Waals surface area contributed by atoms with Crippen LogP contribution in [0.4, 0.5) is 0 Å². The highest BCUT2D eigenvalue weighted by molar-refractivity contribution is 5.61. The molecule has 0 amide bonds. The summed E-state index contributed by atoms with van der Waals surface area (Å²) < 4.78 is 1.88. The fraction of sp³-hybridized carbons (Fsp3) is 0.579. The van der Waals surface area contributed by atoms with Gasteiger partial charge in [-0.25, -0.2) is 0 Å². The second-order valence-corrected chi connectivity index (χ2v) is 7.15. The van der Waals surface area contributed by atoms with Crippen molar-refractivity contribution in [2.45, 2.75) is 39.2 Å². The van der Waals surface area contributed by atoms with Crippen molar-refractivity contribution in [3.05, 3.63) is 36.3 Å². The third-order valence-electron chi connectivity index (χ3n) is 5.61. The van der Waals surface area contributed by atoms with Crippen molar-refractivity contribution in [3.8, 4) is 11.3 Å². The Morgan fingerprint density at radius 2 is 2.08 bits per heavy atom. The lowest BCUT2D eigenvalue weighted by Gasteiger charge is -2.47. The molecule has 0 radical (unpaired) electrons. The number of nitrogens with one attached hydrogen (secondary N) is 1. The number of hydrogen-bond donors (Lipinski definition) is 2. The summed E-state index contributed by atoms with van der Waals surface area (Å²) in [5, 5.41) is 17.5. The summed E-state index contributed by atoms with van der Waals surface area (Å²) >= 11 is 0. The molecule has 0 bridgehead atoms. The number of aryl methyl sites for hydroxylation is 1. The number of nitrogens with zero attached hydrogens (tertiary/aromatic N) is 3. The number of rotatable bonds is 8. The van der Waals surface area contributed by atoms with Crippen LogP contribution in [-0.4, -0.2) is 33.0 Å². The summed E-state index contributed by atoms with van der Waals surface area (Å²) in [5.74, 6) is 0.567. The predicted molar refractivity (Wildman–Crippen MR) is 95.3 cm³/mol. The quantitative estimate of drug-likeness (QED) is 0.782. The highest BCUT2D eigenvalue weighted by Crippen LogP contribution is 2.47. The van der Waals surface area contributed by atoms with E-state index in [1.165, 1.54) is 24.8 Å². The Hall–Kier alpha value is -1.72. The van der Waals surface area contributed by atoms with E-state index in [9.17, 15) is 5.11 Å².